The fourth-order valence-corrected chi connectivity index (χ4v) is 8.15. The summed E-state index contributed by atoms with van der Waals surface area (Å²) in [6.45, 7) is 0. The predicted molar refractivity (Wildman–Crippen MR) is 212 cm³/mol. The molecule has 2 heterocycles. The molecule has 2 nitrogen and oxygen atoms in total. The van der Waals surface area contributed by atoms with E-state index in [0.717, 1.165) is 27.1 Å². The Kier molecular flexibility index (Phi) is 8.02. The van der Waals surface area contributed by atoms with E-state index in [1.807, 2.05) is 59.0 Å². The lowest BCUT2D eigenvalue weighted by molar-refractivity contribution is 0.445. The first-order valence-electron chi connectivity index (χ1n) is 18.1. The molecule has 0 spiro atoms. The molecule has 0 atom stereocenters. The summed E-state index contributed by atoms with van der Waals surface area (Å²) in [7, 11) is 0. The Morgan fingerprint density at radius 2 is 0.724 bits per heavy atom. The molecule has 0 aliphatic rings. The lowest BCUT2D eigenvalue weighted by Crippen LogP contribution is -2.17. The molecule has 0 unspecified atom stereocenters. The van der Waals surface area contributed by atoms with Crippen LogP contribution in [-0.4, -0.2) is 4.40 Å². The molecule has 0 bridgehead atoms. The van der Waals surface area contributed by atoms with Gasteiger partial charge in [0.15, 0.2) is 46.5 Å². The quantitative estimate of drug-likeness (QED) is 0.120. The molecule has 282 valence electrons. The van der Waals surface area contributed by atoms with E-state index in [-0.39, 0.29) is 16.9 Å². The van der Waals surface area contributed by atoms with Crippen LogP contribution in [0.3, 0.4) is 0 Å². The molecule has 0 N–H and O–H groups in total. The van der Waals surface area contributed by atoms with Crippen LogP contribution in [-0.2, 0) is 0 Å². The number of para-hydroxylation sites is 3. The molecule has 0 saturated carbocycles. The zero-order valence-corrected chi connectivity index (χ0v) is 29.8. The van der Waals surface area contributed by atoms with Crippen molar-refractivity contribution in [1.82, 2.24) is 4.40 Å². The van der Waals surface area contributed by atoms with Gasteiger partial charge in [0.2, 0.25) is 0 Å². The number of halogens is 8. The van der Waals surface area contributed by atoms with E-state index in [1.54, 1.807) is 42.5 Å². The second-order valence-corrected chi connectivity index (χ2v) is 13.9. The molecular formula is C48H24F8N2. The number of hydrogen-bond acceptors (Lipinski definition) is 1. The number of aromatic nitrogens is 1. The summed E-state index contributed by atoms with van der Waals surface area (Å²) in [5, 5.41) is 2.44. The number of hydrogen-bond donors (Lipinski definition) is 0. The largest absolute Gasteiger partial charge is 0.308 e. The van der Waals surface area contributed by atoms with Gasteiger partial charge in [0, 0.05) is 32.9 Å². The minimum absolute atomic E-state index is 0.0695. The first kappa shape index (κ1) is 35.2. The normalized spacial score (nSPS) is 11.8. The van der Waals surface area contributed by atoms with E-state index in [4.69, 9.17) is 0 Å². The van der Waals surface area contributed by atoms with Crippen LogP contribution >= 0.6 is 0 Å². The second-order valence-electron chi connectivity index (χ2n) is 13.9. The highest BCUT2D eigenvalue weighted by atomic mass is 19.2. The molecular weight excluding hydrogens is 757 g/mol. The average Bonchev–Trinajstić information content (AvgIpc) is 3.78. The summed E-state index contributed by atoms with van der Waals surface area (Å²) in [6, 6.07) is 40.2. The zero-order valence-electron chi connectivity index (χ0n) is 29.8. The van der Waals surface area contributed by atoms with Crippen molar-refractivity contribution in [2.45, 2.75) is 0 Å². The summed E-state index contributed by atoms with van der Waals surface area (Å²) in [5.74, 6) is -17.2. The van der Waals surface area contributed by atoms with Gasteiger partial charge in [-0.25, -0.2) is 35.1 Å². The van der Waals surface area contributed by atoms with Gasteiger partial charge in [-0.3, -0.25) is 0 Å². The number of fused-ring (bicyclic) bond motifs is 6. The fraction of sp³-hybridized carbons (Fsp3) is 0. The first-order chi connectivity index (χ1) is 28.2. The van der Waals surface area contributed by atoms with Crippen LogP contribution in [0.1, 0.15) is 0 Å². The zero-order chi connectivity index (χ0) is 40.0. The first-order valence-corrected chi connectivity index (χ1v) is 18.1. The maximum absolute atomic E-state index is 16.4. The Labute approximate surface area is 324 Å². The molecule has 10 rings (SSSR count). The van der Waals surface area contributed by atoms with E-state index in [0.29, 0.717) is 27.1 Å². The SMILES string of the molecule is Fc1c(F)c(-c2c(F)c(F)c(N(c3ccccc3)c3ccc(-c4ccccc4)cc3)c(F)c2F)c(F)c(F)c1-c1cc2c3ccccc3n3c4ccccc4c(c1)c23. The van der Waals surface area contributed by atoms with Crippen LogP contribution in [0, 0.1) is 46.5 Å². The molecule has 0 aliphatic carbocycles. The van der Waals surface area contributed by atoms with Crippen LogP contribution in [0.15, 0.2) is 146 Å². The van der Waals surface area contributed by atoms with Gasteiger partial charge in [-0.05, 0) is 65.2 Å². The molecule has 10 aromatic rings. The van der Waals surface area contributed by atoms with Gasteiger partial charge in [0.25, 0.3) is 0 Å². The highest BCUT2D eigenvalue weighted by Gasteiger charge is 2.37. The predicted octanol–water partition coefficient (Wildman–Crippen LogP) is 14.4. The minimum Gasteiger partial charge on any atom is -0.308 e. The summed E-state index contributed by atoms with van der Waals surface area (Å²) in [6.07, 6.45) is 0. The number of anilines is 3. The molecule has 58 heavy (non-hydrogen) atoms. The van der Waals surface area contributed by atoms with E-state index < -0.39 is 68.9 Å². The monoisotopic (exact) mass is 780 g/mol. The molecule has 0 fully saturated rings. The molecule has 0 aliphatic heterocycles. The van der Waals surface area contributed by atoms with E-state index >= 15 is 35.1 Å². The van der Waals surface area contributed by atoms with Crippen LogP contribution < -0.4 is 4.90 Å². The van der Waals surface area contributed by atoms with Crippen molar-refractivity contribution in [3.63, 3.8) is 0 Å². The van der Waals surface area contributed by atoms with Crippen molar-refractivity contribution in [3.8, 4) is 33.4 Å². The van der Waals surface area contributed by atoms with Gasteiger partial charge < -0.3 is 9.30 Å². The maximum atomic E-state index is 16.4. The van der Waals surface area contributed by atoms with E-state index in [2.05, 4.69) is 0 Å². The summed E-state index contributed by atoms with van der Waals surface area (Å²) < 4.78 is 132. The highest BCUT2D eigenvalue weighted by Crippen LogP contribution is 2.47. The van der Waals surface area contributed by atoms with Crippen LogP contribution in [0.4, 0.5) is 52.2 Å². The fourth-order valence-electron chi connectivity index (χ4n) is 8.15. The molecule has 2 aromatic heterocycles. The Morgan fingerprint density at radius 3 is 1.24 bits per heavy atom. The molecule has 0 radical (unpaired) electrons. The number of nitrogens with zero attached hydrogens (tertiary/aromatic N) is 2. The Bertz CT molecular complexity index is 3110. The third kappa shape index (κ3) is 5.04. The van der Waals surface area contributed by atoms with Crippen molar-refractivity contribution in [1.29, 1.82) is 0 Å². The molecule has 0 saturated heterocycles. The topological polar surface area (TPSA) is 7.65 Å². The Balaban J connectivity index is 1.15. The third-order valence-corrected chi connectivity index (χ3v) is 10.7. The molecule has 8 aromatic carbocycles. The van der Waals surface area contributed by atoms with Gasteiger partial charge in [0.1, 0.15) is 5.69 Å². The van der Waals surface area contributed by atoms with Gasteiger partial charge in [-0.15, -0.1) is 0 Å². The molecule has 0 amide bonds. The maximum Gasteiger partial charge on any atom is 0.186 e. The standard InChI is InChI=1S/C48H24F8N2/c49-39-36(27-23-32-30-15-7-9-17-34(30)58-35-18-10-8-16-31(35)33(24-27)47(32)58)40(50)42(52)37(41(39)51)38-43(53)45(55)48(46(56)44(38)54)57(28-13-5-2-6-14-28)29-21-19-26(20-22-29)25-11-3-1-4-12-25/h1-24H. The lowest BCUT2D eigenvalue weighted by Gasteiger charge is -2.27. The Morgan fingerprint density at radius 1 is 0.328 bits per heavy atom. The van der Waals surface area contributed by atoms with Gasteiger partial charge in [-0.2, -0.15) is 0 Å². The van der Waals surface area contributed by atoms with E-state index in [1.165, 1.54) is 48.5 Å². The van der Waals surface area contributed by atoms with Crippen molar-refractivity contribution < 1.29 is 35.1 Å². The second kappa shape index (κ2) is 13.2. The summed E-state index contributed by atoms with van der Waals surface area (Å²) >= 11 is 0. The number of benzene rings is 8. The Hall–Kier alpha value is -7.20. The van der Waals surface area contributed by atoms with Crippen molar-refractivity contribution in [2.24, 2.45) is 0 Å². The van der Waals surface area contributed by atoms with Gasteiger partial charge in [-0.1, -0.05) is 97.1 Å². The number of rotatable bonds is 6. The highest BCUT2D eigenvalue weighted by molar-refractivity contribution is 6.24. The van der Waals surface area contributed by atoms with Crippen LogP contribution in [0.5, 0.6) is 0 Å². The van der Waals surface area contributed by atoms with Crippen molar-refractivity contribution in [2.75, 3.05) is 4.90 Å². The molecule has 10 heteroatoms. The lowest BCUT2D eigenvalue weighted by atomic mass is 9.94. The van der Waals surface area contributed by atoms with Gasteiger partial charge >= 0.3 is 0 Å². The van der Waals surface area contributed by atoms with Crippen molar-refractivity contribution in [3.05, 3.63) is 192 Å². The van der Waals surface area contributed by atoms with Gasteiger partial charge in [0.05, 0.1) is 33.2 Å². The average molecular weight is 781 g/mol. The van der Waals surface area contributed by atoms with E-state index in [9.17, 15) is 0 Å². The smallest absolute Gasteiger partial charge is 0.186 e. The minimum atomic E-state index is -2.26. The van der Waals surface area contributed by atoms with Crippen LogP contribution in [0.2, 0.25) is 0 Å². The summed E-state index contributed by atoms with van der Waals surface area (Å²) in [5.41, 5.74) is -2.62. The summed E-state index contributed by atoms with van der Waals surface area (Å²) in [4.78, 5) is 0.891. The third-order valence-electron chi connectivity index (χ3n) is 10.7. The van der Waals surface area contributed by atoms with Crippen molar-refractivity contribution >= 4 is 55.2 Å². The van der Waals surface area contributed by atoms with Crippen LogP contribution in [0.25, 0.3) is 71.5 Å².